The van der Waals surface area contributed by atoms with Crippen LogP contribution in [0.3, 0.4) is 0 Å². The van der Waals surface area contributed by atoms with E-state index in [2.05, 4.69) is 5.32 Å². The highest BCUT2D eigenvalue weighted by molar-refractivity contribution is 6.02. The monoisotopic (exact) mass is 287 g/mol. The zero-order valence-corrected chi connectivity index (χ0v) is 12.0. The fraction of sp³-hybridized carbons (Fsp3) is 0.400. The van der Waals surface area contributed by atoms with Gasteiger partial charge in [0.15, 0.2) is 0 Å². The van der Waals surface area contributed by atoms with E-state index < -0.39 is 5.54 Å². The maximum Gasteiger partial charge on any atom is 0.246 e. The van der Waals surface area contributed by atoms with E-state index >= 15 is 0 Å². The van der Waals surface area contributed by atoms with Crippen LogP contribution in [0.25, 0.3) is 0 Å². The second-order valence-electron chi connectivity index (χ2n) is 5.35. The van der Waals surface area contributed by atoms with Gasteiger partial charge in [-0.1, -0.05) is 6.07 Å². The molecule has 0 spiro atoms. The van der Waals surface area contributed by atoms with Gasteiger partial charge in [-0.15, -0.1) is 0 Å². The first-order chi connectivity index (χ1) is 9.93. The second-order valence-corrected chi connectivity index (χ2v) is 5.35. The molecule has 21 heavy (non-hydrogen) atoms. The third kappa shape index (κ3) is 3.38. The molecule has 0 aliphatic carbocycles. The van der Waals surface area contributed by atoms with Gasteiger partial charge in [0, 0.05) is 6.54 Å². The van der Waals surface area contributed by atoms with Crippen molar-refractivity contribution >= 4 is 11.8 Å². The molecule has 1 saturated heterocycles. The van der Waals surface area contributed by atoms with Crippen LogP contribution in [-0.2, 0) is 9.59 Å². The SMILES string of the molecule is CC1(C)C(=O)NC(=O)CN1CCOc1cccc(C#N)c1. The summed E-state index contributed by atoms with van der Waals surface area (Å²) in [5.41, 5.74) is -0.216. The standard InChI is InChI=1S/C15H17N3O3/c1-15(2)14(20)17-13(19)10-18(15)6-7-21-12-5-3-4-11(8-12)9-16/h3-5,8H,6-7,10H2,1-2H3,(H,17,19,20). The molecule has 0 radical (unpaired) electrons. The summed E-state index contributed by atoms with van der Waals surface area (Å²) in [6, 6.07) is 8.90. The van der Waals surface area contributed by atoms with E-state index in [1.165, 1.54) is 0 Å². The van der Waals surface area contributed by atoms with Crippen LogP contribution in [0.2, 0.25) is 0 Å². The first-order valence-electron chi connectivity index (χ1n) is 6.66. The molecule has 1 fully saturated rings. The van der Waals surface area contributed by atoms with Crippen LogP contribution in [0.1, 0.15) is 19.4 Å². The van der Waals surface area contributed by atoms with Crippen molar-refractivity contribution < 1.29 is 14.3 Å². The molecule has 1 aromatic rings. The average Bonchev–Trinajstić information content (AvgIpc) is 2.45. The summed E-state index contributed by atoms with van der Waals surface area (Å²) < 4.78 is 5.58. The van der Waals surface area contributed by atoms with Gasteiger partial charge >= 0.3 is 0 Å². The lowest BCUT2D eigenvalue weighted by atomic mass is 9.99. The number of imide groups is 1. The number of nitriles is 1. The maximum absolute atomic E-state index is 11.8. The van der Waals surface area contributed by atoms with Crippen molar-refractivity contribution in [3.63, 3.8) is 0 Å². The van der Waals surface area contributed by atoms with Crippen LogP contribution in [-0.4, -0.2) is 41.9 Å². The summed E-state index contributed by atoms with van der Waals surface area (Å²) in [7, 11) is 0. The van der Waals surface area contributed by atoms with Gasteiger partial charge in [0.2, 0.25) is 11.8 Å². The number of nitrogens with zero attached hydrogens (tertiary/aromatic N) is 2. The Morgan fingerprint density at radius 2 is 2.19 bits per heavy atom. The molecule has 6 heteroatoms. The summed E-state index contributed by atoms with van der Waals surface area (Å²) in [5.74, 6) is -0.00401. The first kappa shape index (κ1) is 15.0. The molecule has 110 valence electrons. The lowest BCUT2D eigenvalue weighted by Gasteiger charge is -2.39. The summed E-state index contributed by atoms with van der Waals surface area (Å²) >= 11 is 0. The fourth-order valence-corrected chi connectivity index (χ4v) is 2.12. The normalized spacial score (nSPS) is 18.0. The number of carbonyl (C=O) groups excluding carboxylic acids is 2. The van der Waals surface area contributed by atoms with Crippen LogP contribution in [0.4, 0.5) is 0 Å². The molecule has 1 aromatic carbocycles. The Morgan fingerprint density at radius 3 is 2.90 bits per heavy atom. The molecule has 1 aliphatic heterocycles. The quantitative estimate of drug-likeness (QED) is 0.823. The zero-order valence-electron chi connectivity index (χ0n) is 12.0. The lowest BCUT2D eigenvalue weighted by Crippen LogP contribution is -2.64. The predicted octanol–water partition coefficient (Wildman–Crippen LogP) is 0.674. The van der Waals surface area contributed by atoms with Crippen LogP contribution in [0, 0.1) is 11.3 Å². The Balaban J connectivity index is 1.94. The van der Waals surface area contributed by atoms with Gasteiger partial charge in [0.05, 0.1) is 23.7 Å². The van der Waals surface area contributed by atoms with E-state index in [1.807, 2.05) is 6.07 Å². The molecule has 6 nitrogen and oxygen atoms in total. The summed E-state index contributed by atoms with van der Waals surface area (Å²) in [4.78, 5) is 25.0. The van der Waals surface area contributed by atoms with Gasteiger partial charge in [0.25, 0.3) is 0 Å². The number of hydrogen-bond acceptors (Lipinski definition) is 5. The molecule has 0 unspecified atom stereocenters. The largest absolute Gasteiger partial charge is 0.492 e. The minimum atomic E-state index is -0.744. The minimum Gasteiger partial charge on any atom is -0.492 e. The molecule has 0 saturated carbocycles. The topological polar surface area (TPSA) is 82.4 Å². The van der Waals surface area contributed by atoms with Gasteiger partial charge in [-0.3, -0.25) is 19.8 Å². The van der Waals surface area contributed by atoms with Gasteiger partial charge in [-0.2, -0.15) is 5.26 Å². The number of amides is 2. The van der Waals surface area contributed by atoms with Crippen LogP contribution in [0.5, 0.6) is 5.75 Å². The second kappa shape index (κ2) is 5.94. The van der Waals surface area contributed by atoms with Crippen molar-refractivity contribution in [1.82, 2.24) is 10.2 Å². The molecule has 0 atom stereocenters. The third-order valence-electron chi connectivity index (χ3n) is 3.53. The fourth-order valence-electron chi connectivity index (χ4n) is 2.12. The lowest BCUT2D eigenvalue weighted by molar-refractivity contribution is -0.145. The predicted molar refractivity (Wildman–Crippen MR) is 75.5 cm³/mol. The maximum atomic E-state index is 11.8. The summed E-state index contributed by atoms with van der Waals surface area (Å²) in [6.45, 7) is 4.48. The number of benzene rings is 1. The highest BCUT2D eigenvalue weighted by Crippen LogP contribution is 2.18. The number of rotatable bonds is 4. The molecular formula is C15H17N3O3. The minimum absolute atomic E-state index is 0.167. The number of carbonyl (C=O) groups is 2. The van der Waals surface area contributed by atoms with Gasteiger partial charge in [-0.05, 0) is 32.0 Å². The summed E-state index contributed by atoms with van der Waals surface area (Å²) in [6.07, 6.45) is 0. The molecule has 0 aromatic heterocycles. The number of piperazine rings is 1. The van der Waals surface area contributed by atoms with Gasteiger partial charge in [0.1, 0.15) is 12.4 Å². The van der Waals surface area contributed by atoms with Gasteiger partial charge < -0.3 is 4.74 Å². The van der Waals surface area contributed by atoms with E-state index in [0.29, 0.717) is 24.5 Å². The van der Waals surface area contributed by atoms with Crippen molar-refractivity contribution in [2.75, 3.05) is 19.7 Å². The van der Waals surface area contributed by atoms with Crippen molar-refractivity contribution in [3.8, 4) is 11.8 Å². The highest BCUT2D eigenvalue weighted by Gasteiger charge is 2.40. The van der Waals surface area contributed by atoms with Crippen molar-refractivity contribution in [1.29, 1.82) is 5.26 Å². The van der Waals surface area contributed by atoms with E-state index in [4.69, 9.17) is 10.00 Å². The van der Waals surface area contributed by atoms with Gasteiger partial charge in [-0.25, -0.2) is 0 Å². The molecule has 2 amide bonds. The Bertz CT molecular complexity index is 604. The number of hydrogen-bond donors (Lipinski definition) is 1. The highest BCUT2D eigenvalue weighted by atomic mass is 16.5. The average molecular weight is 287 g/mol. The van der Waals surface area contributed by atoms with E-state index in [0.717, 1.165) is 0 Å². The smallest absolute Gasteiger partial charge is 0.246 e. The van der Waals surface area contributed by atoms with Crippen molar-refractivity contribution in [2.45, 2.75) is 19.4 Å². The van der Waals surface area contributed by atoms with Crippen LogP contribution in [0.15, 0.2) is 24.3 Å². The molecule has 1 heterocycles. The van der Waals surface area contributed by atoms with E-state index in [1.54, 1.807) is 43.0 Å². The van der Waals surface area contributed by atoms with Crippen molar-refractivity contribution in [2.24, 2.45) is 0 Å². The van der Waals surface area contributed by atoms with Crippen LogP contribution >= 0.6 is 0 Å². The first-order valence-corrected chi connectivity index (χ1v) is 6.66. The third-order valence-corrected chi connectivity index (χ3v) is 3.53. The van der Waals surface area contributed by atoms with Crippen molar-refractivity contribution in [3.05, 3.63) is 29.8 Å². The Morgan fingerprint density at radius 1 is 1.43 bits per heavy atom. The molecule has 2 rings (SSSR count). The van der Waals surface area contributed by atoms with Crippen LogP contribution < -0.4 is 10.1 Å². The zero-order chi connectivity index (χ0) is 15.5. The number of nitrogens with one attached hydrogen (secondary N) is 1. The number of ether oxygens (including phenoxy) is 1. The Labute approximate surface area is 123 Å². The molecular weight excluding hydrogens is 270 g/mol. The molecule has 0 bridgehead atoms. The molecule has 1 aliphatic rings. The summed E-state index contributed by atoms with van der Waals surface area (Å²) in [5, 5.41) is 11.1. The van der Waals surface area contributed by atoms with E-state index in [-0.39, 0.29) is 18.4 Å². The van der Waals surface area contributed by atoms with E-state index in [9.17, 15) is 9.59 Å². The Hall–Kier alpha value is -2.39. The Kier molecular flexibility index (Phi) is 4.24. The molecule has 1 N–H and O–H groups in total.